The summed E-state index contributed by atoms with van der Waals surface area (Å²) in [5.74, 6) is -0.102. The molecule has 1 aliphatic carbocycles. The Balaban J connectivity index is 1.71. The van der Waals surface area contributed by atoms with E-state index in [9.17, 15) is 9.90 Å². The molecule has 0 atom stereocenters. The molecule has 7 heteroatoms. The number of aromatic nitrogens is 3. The number of rotatable bonds is 5. The van der Waals surface area contributed by atoms with Gasteiger partial charge in [0.15, 0.2) is 5.69 Å². The smallest absolute Gasteiger partial charge is 0.276 e. The van der Waals surface area contributed by atoms with E-state index in [-0.39, 0.29) is 18.6 Å². The van der Waals surface area contributed by atoms with Crippen LogP contribution in [0.2, 0.25) is 0 Å². The second kappa shape index (κ2) is 6.53. The summed E-state index contributed by atoms with van der Waals surface area (Å²) in [4.78, 5) is 14.4. The van der Waals surface area contributed by atoms with Crippen molar-refractivity contribution in [1.29, 1.82) is 0 Å². The Morgan fingerprint density at radius 2 is 2.14 bits per heavy atom. The first-order valence-corrected chi connectivity index (χ1v) is 7.84. The summed E-state index contributed by atoms with van der Waals surface area (Å²) in [7, 11) is 0. The van der Waals surface area contributed by atoms with Gasteiger partial charge in [0, 0.05) is 25.7 Å². The molecule has 2 fully saturated rings. The molecule has 0 aromatic carbocycles. The van der Waals surface area contributed by atoms with Gasteiger partial charge < -0.3 is 15.3 Å². The average molecular weight is 293 g/mol. The number of nitrogens with one attached hydrogen (secondary N) is 1. The Morgan fingerprint density at radius 3 is 2.76 bits per heavy atom. The van der Waals surface area contributed by atoms with E-state index >= 15 is 0 Å². The molecule has 1 amide bonds. The van der Waals surface area contributed by atoms with Gasteiger partial charge in [0.1, 0.15) is 0 Å². The first-order chi connectivity index (χ1) is 10.3. The Hall–Kier alpha value is -1.47. The van der Waals surface area contributed by atoms with E-state index in [1.165, 1.54) is 6.42 Å². The van der Waals surface area contributed by atoms with Crippen LogP contribution in [0.4, 0.5) is 0 Å². The molecular formula is C14H23N5O2. The van der Waals surface area contributed by atoms with E-state index in [1.54, 1.807) is 15.8 Å². The molecular weight excluding hydrogens is 270 g/mol. The highest BCUT2D eigenvalue weighted by atomic mass is 16.3. The third-order valence-corrected chi connectivity index (χ3v) is 4.48. The lowest BCUT2D eigenvalue weighted by atomic mass is 9.94. The lowest BCUT2D eigenvalue weighted by Gasteiger charge is -2.33. The highest BCUT2D eigenvalue weighted by molar-refractivity contribution is 5.92. The van der Waals surface area contributed by atoms with Gasteiger partial charge in [-0.25, -0.2) is 4.68 Å². The minimum atomic E-state index is -0.102. The summed E-state index contributed by atoms with van der Waals surface area (Å²) in [6.07, 6.45) is 7.32. The van der Waals surface area contributed by atoms with E-state index < -0.39 is 0 Å². The molecule has 0 unspecified atom stereocenters. The molecule has 0 radical (unpaired) electrons. The number of hydrogen-bond donors (Lipinski definition) is 2. The van der Waals surface area contributed by atoms with E-state index in [0.29, 0.717) is 18.3 Å². The topological polar surface area (TPSA) is 83.3 Å². The molecule has 1 saturated heterocycles. The molecule has 1 aliphatic heterocycles. The van der Waals surface area contributed by atoms with Gasteiger partial charge in [-0.3, -0.25) is 4.79 Å². The molecule has 0 spiro atoms. The quantitative estimate of drug-likeness (QED) is 0.810. The van der Waals surface area contributed by atoms with E-state index in [4.69, 9.17) is 0 Å². The summed E-state index contributed by atoms with van der Waals surface area (Å²) in [5, 5.41) is 20.5. The van der Waals surface area contributed by atoms with Crippen LogP contribution in [0.1, 0.15) is 48.6 Å². The van der Waals surface area contributed by atoms with Crippen LogP contribution in [-0.2, 0) is 0 Å². The average Bonchev–Trinajstić information content (AvgIpc) is 2.92. The molecule has 1 aromatic rings. The molecule has 2 N–H and O–H groups in total. The zero-order valence-electron chi connectivity index (χ0n) is 12.2. The first-order valence-electron chi connectivity index (χ1n) is 7.84. The molecule has 7 nitrogen and oxygen atoms in total. The van der Waals surface area contributed by atoms with Crippen molar-refractivity contribution in [3.05, 3.63) is 11.9 Å². The standard InChI is InChI=1S/C14H23N5O2/c20-7-6-18(11-4-2-1-3-5-11)14(21)13-10-19(17-16-13)12-8-15-9-12/h10-12,15,20H,1-9H2. The molecule has 116 valence electrons. The summed E-state index contributed by atoms with van der Waals surface area (Å²) < 4.78 is 1.77. The third-order valence-electron chi connectivity index (χ3n) is 4.48. The molecule has 21 heavy (non-hydrogen) atoms. The lowest BCUT2D eigenvalue weighted by Crippen LogP contribution is -2.44. The van der Waals surface area contributed by atoms with Gasteiger partial charge in [-0.05, 0) is 12.8 Å². The van der Waals surface area contributed by atoms with Crippen molar-refractivity contribution in [3.8, 4) is 0 Å². The van der Waals surface area contributed by atoms with Crippen LogP contribution in [0.5, 0.6) is 0 Å². The summed E-state index contributed by atoms with van der Waals surface area (Å²) in [6, 6.07) is 0.536. The fraction of sp³-hybridized carbons (Fsp3) is 0.786. The normalized spacial score (nSPS) is 20.2. The minimum absolute atomic E-state index is 0.0110. The van der Waals surface area contributed by atoms with Gasteiger partial charge in [-0.1, -0.05) is 24.5 Å². The van der Waals surface area contributed by atoms with Crippen LogP contribution in [0, 0.1) is 0 Å². The lowest BCUT2D eigenvalue weighted by molar-refractivity contribution is 0.0579. The van der Waals surface area contributed by atoms with E-state index in [2.05, 4.69) is 15.6 Å². The van der Waals surface area contributed by atoms with Crippen molar-refractivity contribution >= 4 is 5.91 Å². The number of carbonyl (C=O) groups is 1. The molecule has 0 bridgehead atoms. The van der Waals surface area contributed by atoms with E-state index in [0.717, 1.165) is 38.8 Å². The zero-order valence-corrected chi connectivity index (χ0v) is 12.2. The van der Waals surface area contributed by atoms with Gasteiger partial charge in [-0.2, -0.15) is 0 Å². The Kier molecular flexibility index (Phi) is 4.50. The SMILES string of the molecule is O=C(c1cn(C2CNC2)nn1)N(CCO)C1CCCCC1. The summed E-state index contributed by atoms with van der Waals surface area (Å²) in [6.45, 7) is 2.12. The molecule has 2 heterocycles. The number of amides is 1. The highest BCUT2D eigenvalue weighted by Gasteiger charge is 2.28. The zero-order chi connectivity index (χ0) is 14.7. The molecule has 3 rings (SSSR count). The summed E-state index contributed by atoms with van der Waals surface area (Å²) >= 11 is 0. The Morgan fingerprint density at radius 1 is 1.38 bits per heavy atom. The van der Waals surface area contributed by atoms with Crippen molar-refractivity contribution < 1.29 is 9.90 Å². The fourth-order valence-electron chi connectivity index (χ4n) is 3.11. The van der Waals surface area contributed by atoms with Crippen LogP contribution < -0.4 is 5.32 Å². The van der Waals surface area contributed by atoms with Crippen LogP contribution in [0.15, 0.2) is 6.20 Å². The Labute approximate surface area is 124 Å². The van der Waals surface area contributed by atoms with Crippen molar-refractivity contribution in [2.45, 2.75) is 44.2 Å². The number of aliphatic hydroxyl groups excluding tert-OH is 1. The third kappa shape index (κ3) is 3.08. The maximum absolute atomic E-state index is 12.7. The van der Waals surface area contributed by atoms with Crippen LogP contribution in [0.25, 0.3) is 0 Å². The molecule has 1 saturated carbocycles. The minimum Gasteiger partial charge on any atom is -0.395 e. The molecule has 2 aliphatic rings. The van der Waals surface area contributed by atoms with E-state index in [1.807, 2.05) is 0 Å². The van der Waals surface area contributed by atoms with Gasteiger partial charge in [0.2, 0.25) is 0 Å². The first kappa shape index (κ1) is 14.5. The monoisotopic (exact) mass is 293 g/mol. The van der Waals surface area contributed by atoms with Gasteiger partial charge in [0.25, 0.3) is 5.91 Å². The number of hydrogen-bond acceptors (Lipinski definition) is 5. The van der Waals surface area contributed by atoms with Crippen molar-refractivity contribution in [3.63, 3.8) is 0 Å². The van der Waals surface area contributed by atoms with Crippen molar-refractivity contribution in [2.24, 2.45) is 0 Å². The predicted molar refractivity (Wildman–Crippen MR) is 76.9 cm³/mol. The second-order valence-corrected chi connectivity index (χ2v) is 5.91. The maximum Gasteiger partial charge on any atom is 0.276 e. The van der Waals surface area contributed by atoms with Crippen molar-refractivity contribution in [1.82, 2.24) is 25.2 Å². The van der Waals surface area contributed by atoms with Crippen LogP contribution in [-0.4, -0.2) is 63.2 Å². The second-order valence-electron chi connectivity index (χ2n) is 5.91. The highest BCUT2D eigenvalue weighted by Crippen LogP contribution is 2.23. The Bertz CT molecular complexity index is 479. The van der Waals surface area contributed by atoms with Gasteiger partial charge in [0.05, 0.1) is 18.8 Å². The van der Waals surface area contributed by atoms with Crippen LogP contribution >= 0.6 is 0 Å². The number of nitrogens with zero attached hydrogens (tertiary/aromatic N) is 4. The number of carbonyl (C=O) groups excluding carboxylic acids is 1. The summed E-state index contributed by atoms with van der Waals surface area (Å²) in [5.41, 5.74) is 0.390. The van der Waals surface area contributed by atoms with Crippen LogP contribution in [0.3, 0.4) is 0 Å². The largest absolute Gasteiger partial charge is 0.395 e. The van der Waals surface area contributed by atoms with Crippen molar-refractivity contribution in [2.75, 3.05) is 26.2 Å². The van der Waals surface area contributed by atoms with Gasteiger partial charge in [-0.15, -0.1) is 5.10 Å². The van der Waals surface area contributed by atoms with Gasteiger partial charge >= 0.3 is 0 Å². The molecule has 1 aromatic heterocycles. The maximum atomic E-state index is 12.7. The predicted octanol–water partition coefficient (Wildman–Crippen LogP) is 0.190. The number of aliphatic hydroxyl groups is 1. The fourth-order valence-corrected chi connectivity index (χ4v) is 3.11.